The van der Waals surface area contributed by atoms with Crippen LogP contribution >= 0.6 is 0 Å². The summed E-state index contributed by atoms with van der Waals surface area (Å²) in [5.74, 6) is 0.00625. The molecule has 0 aliphatic heterocycles. The maximum Gasteiger partial charge on any atom is 0.243 e. The molecular weight excluding hydrogens is 478 g/mol. The van der Waals surface area contributed by atoms with Crippen molar-refractivity contribution in [1.29, 1.82) is 0 Å². The van der Waals surface area contributed by atoms with E-state index >= 15 is 0 Å². The first kappa shape index (κ1) is 27.7. The van der Waals surface area contributed by atoms with Crippen LogP contribution in [-0.4, -0.2) is 62.2 Å². The maximum atomic E-state index is 13.5. The standard InChI is InChI=1S/C27H37N3O5S/c1-20-10-16-25(17-11-20)36(33,34)29(3)19-26(31)30(18-22-12-14-24(35-4)15-13-22)21(2)27(32)28-23-8-6-5-7-9-23/h10-17,21,23H,5-9,18-19H2,1-4H3,(H,28,32)/t21-/m0/s1. The third-order valence-electron chi connectivity index (χ3n) is 6.72. The number of benzene rings is 2. The highest BCUT2D eigenvalue weighted by Gasteiger charge is 2.31. The van der Waals surface area contributed by atoms with Crippen LogP contribution in [0.5, 0.6) is 5.75 Å². The highest BCUT2D eigenvalue weighted by Crippen LogP contribution is 2.20. The van der Waals surface area contributed by atoms with Crippen molar-refractivity contribution in [3.8, 4) is 5.75 Å². The van der Waals surface area contributed by atoms with Gasteiger partial charge >= 0.3 is 0 Å². The van der Waals surface area contributed by atoms with Crippen molar-refractivity contribution < 1.29 is 22.7 Å². The van der Waals surface area contributed by atoms with Crippen molar-refractivity contribution in [1.82, 2.24) is 14.5 Å². The van der Waals surface area contributed by atoms with Crippen LogP contribution in [0.15, 0.2) is 53.4 Å². The Labute approximate surface area is 214 Å². The Bertz CT molecular complexity index is 1130. The Morgan fingerprint density at radius 3 is 2.22 bits per heavy atom. The Morgan fingerprint density at radius 1 is 1.03 bits per heavy atom. The number of carbonyl (C=O) groups is 2. The number of nitrogens with zero attached hydrogens (tertiary/aromatic N) is 2. The van der Waals surface area contributed by atoms with Gasteiger partial charge in [-0.15, -0.1) is 0 Å². The first-order valence-corrected chi connectivity index (χ1v) is 13.8. The number of sulfonamides is 1. The fourth-order valence-corrected chi connectivity index (χ4v) is 5.46. The zero-order valence-electron chi connectivity index (χ0n) is 21.6. The van der Waals surface area contributed by atoms with Crippen LogP contribution in [-0.2, 0) is 26.2 Å². The molecule has 9 heteroatoms. The topological polar surface area (TPSA) is 96.0 Å². The maximum absolute atomic E-state index is 13.5. The fourth-order valence-electron chi connectivity index (χ4n) is 4.34. The molecule has 1 saturated carbocycles. The fraction of sp³-hybridized carbons (Fsp3) is 0.481. The van der Waals surface area contributed by atoms with E-state index in [4.69, 9.17) is 4.74 Å². The van der Waals surface area contributed by atoms with Crippen molar-refractivity contribution in [2.45, 2.75) is 69.5 Å². The molecule has 0 unspecified atom stereocenters. The molecule has 2 aromatic rings. The molecule has 0 aromatic heterocycles. The normalized spacial score (nSPS) is 15.4. The summed E-state index contributed by atoms with van der Waals surface area (Å²) in [7, 11) is -0.909. The second-order valence-corrected chi connectivity index (χ2v) is 11.5. The van der Waals surface area contributed by atoms with E-state index in [0.717, 1.165) is 41.1 Å². The highest BCUT2D eigenvalue weighted by molar-refractivity contribution is 7.89. The van der Waals surface area contributed by atoms with E-state index in [-0.39, 0.29) is 29.9 Å². The number of hydrogen-bond donors (Lipinski definition) is 1. The van der Waals surface area contributed by atoms with E-state index in [0.29, 0.717) is 5.75 Å². The van der Waals surface area contributed by atoms with E-state index in [1.165, 1.54) is 30.5 Å². The quantitative estimate of drug-likeness (QED) is 0.523. The third-order valence-corrected chi connectivity index (χ3v) is 8.54. The van der Waals surface area contributed by atoms with Crippen molar-refractivity contribution in [3.63, 3.8) is 0 Å². The molecule has 1 fully saturated rings. The molecule has 2 amide bonds. The Morgan fingerprint density at radius 2 is 1.64 bits per heavy atom. The summed E-state index contributed by atoms with van der Waals surface area (Å²) in [6.45, 7) is 3.35. The lowest BCUT2D eigenvalue weighted by Gasteiger charge is -2.32. The van der Waals surface area contributed by atoms with Gasteiger partial charge < -0.3 is 15.0 Å². The highest BCUT2D eigenvalue weighted by atomic mass is 32.2. The summed E-state index contributed by atoms with van der Waals surface area (Å²) >= 11 is 0. The Kier molecular flexibility index (Phi) is 9.50. The van der Waals surface area contributed by atoms with Gasteiger partial charge in [-0.3, -0.25) is 9.59 Å². The second kappa shape index (κ2) is 12.4. The van der Waals surface area contributed by atoms with Gasteiger partial charge in [0.15, 0.2) is 0 Å². The number of nitrogens with one attached hydrogen (secondary N) is 1. The van der Waals surface area contributed by atoms with Crippen LogP contribution in [0.25, 0.3) is 0 Å². The van der Waals surface area contributed by atoms with Crippen LogP contribution in [0, 0.1) is 6.92 Å². The van der Waals surface area contributed by atoms with Gasteiger partial charge in [0.25, 0.3) is 0 Å². The summed E-state index contributed by atoms with van der Waals surface area (Å²) in [5, 5.41) is 3.09. The molecule has 196 valence electrons. The minimum Gasteiger partial charge on any atom is -0.497 e. The minimum absolute atomic E-state index is 0.108. The largest absolute Gasteiger partial charge is 0.497 e. The summed E-state index contributed by atoms with van der Waals surface area (Å²) < 4.78 is 32.4. The lowest BCUT2D eigenvalue weighted by atomic mass is 9.95. The summed E-state index contributed by atoms with van der Waals surface area (Å²) in [5.41, 5.74) is 1.75. The first-order valence-electron chi connectivity index (χ1n) is 12.4. The number of ether oxygens (including phenoxy) is 1. The zero-order valence-corrected chi connectivity index (χ0v) is 22.4. The lowest BCUT2D eigenvalue weighted by Crippen LogP contribution is -2.52. The van der Waals surface area contributed by atoms with Crippen LogP contribution in [0.1, 0.15) is 50.2 Å². The average Bonchev–Trinajstić information content (AvgIpc) is 2.88. The summed E-state index contributed by atoms with van der Waals surface area (Å²) in [6, 6.07) is 13.1. The van der Waals surface area contributed by atoms with Gasteiger partial charge in [0.2, 0.25) is 21.8 Å². The molecule has 1 N–H and O–H groups in total. The van der Waals surface area contributed by atoms with Crippen molar-refractivity contribution in [3.05, 3.63) is 59.7 Å². The van der Waals surface area contributed by atoms with E-state index in [2.05, 4.69) is 5.32 Å². The predicted octanol–water partition coefficient (Wildman–Crippen LogP) is 3.49. The van der Waals surface area contributed by atoms with Crippen molar-refractivity contribution in [2.24, 2.45) is 0 Å². The van der Waals surface area contributed by atoms with Gasteiger partial charge in [-0.1, -0.05) is 49.1 Å². The predicted molar refractivity (Wildman–Crippen MR) is 139 cm³/mol. The Balaban J connectivity index is 1.79. The molecule has 0 radical (unpaired) electrons. The molecule has 1 aliphatic carbocycles. The van der Waals surface area contributed by atoms with Crippen LogP contribution < -0.4 is 10.1 Å². The van der Waals surface area contributed by atoms with Crippen molar-refractivity contribution in [2.75, 3.05) is 20.7 Å². The third kappa shape index (κ3) is 7.07. The minimum atomic E-state index is -3.87. The van der Waals surface area contributed by atoms with Gasteiger partial charge in [0, 0.05) is 19.6 Å². The zero-order chi connectivity index (χ0) is 26.3. The molecule has 0 bridgehead atoms. The molecule has 1 atom stereocenters. The smallest absolute Gasteiger partial charge is 0.243 e. The second-order valence-electron chi connectivity index (χ2n) is 9.46. The molecule has 0 spiro atoms. The molecule has 3 rings (SSSR count). The lowest BCUT2D eigenvalue weighted by molar-refractivity contribution is -0.141. The molecule has 2 aromatic carbocycles. The number of methoxy groups -OCH3 is 1. The van der Waals surface area contributed by atoms with Gasteiger partial charge in [-0.05, 0) is 56.5 Å². The number of likely N-dealkylation sites (N-methyl/N-ethyl adjacent to an activating group) is 1. The summed E-state index contributed by atoms with van der Waals surface area (Å²) in [4.78, 5) is 28.2. The SMILES string of the molecule is COc1ccc(CN(C(=O)CN(C)S(=O)(=O)c2ccc(C)cc2)[C@@H](C)C(=O)NC2CCCCC2)cc1. The van der Waals surface area contributed by atoms with Crippen LogP contribution in [0.4, 0.5) is 0 Å². The molecular formula is C27H37N3O5S. The first-order chi connectivity index (χ1) is 17.1. The van der Waals surface area contributed by atoms with Gasteiger partial charge in [0.05, 0.1) is 18.6 Å². The number of rotatable bonds is 10. The number of hydrogen-bond acceptors (Lipinski definition) is 5. The number of aryl methyl sites for hydroxylation is 1. The molecule has 8 nitrogen and oxygen atoms in total. The average molecular weight is 516 g/mol. The van der Waals surface area contributed by atoms with E-state index in [9.17, 15) is 18.0 Å². The van der Waals surface area contributed by atoms with Crippen LogP contribution in [0.2, 0.25) is 0 Å². The van der Waals surface area contributed by atoms with E-state index < -0.39 is 22.0 Å². The van der Waals surface area contributed by atoms with Crippen LogP contribution in [0.3, 0.4) is 0 Å². The van der Waals surface area contributed by atoms with E-state index in [1.54, 1.807) is 38.3 Å². The monoisotopic (exact) mass is 515 g/mol. The molecule has 0 heterocycles. The Hall–Kier alpha value is -2.91. The van der Waals surface area contributed by atoms with Gasteiger partial charge in [0.1, 0.15) is 11.8 Å². The van der Waals surface area contributed by atoms with Gasteiger partial charge in [-0.2, -0.15) is 4.31 Å². The summed E-state index contributed by atoms with van der Waals surface area (Å²) in [6.07, 6.45) is 5.20. The molecule has 0 saturated heterocycles. The van der Waals surface area contributed by atoms with E-state index in [1.807, 2.05) is 19.1 Å². The number of amides is 2. The van der Waals surface area contributed by atoms with Crippen molar-refractivity contribution >= 4 is 21.8 Å². The van der Waals surface area contributed by atoms with Gasteiger partial charge in [-0.25, -0.2) is 8.42 Å². The molecule has 1 aliphatic rings. The molecule has 36 heavy (non-hydrogen) atoms. The number of carbonyl (C=O) groups excluding carboxylic acids is 2.